The van der Waals surface area contributed by atoms with E-state index in [0.29, 0.717) is 5.56 Å². The molecular weight excluding hydrogens is 374 g/mol. The highest BCUT2D eigenvalue weighted by Gasteiger charge is 2.19. The van der Waals surface area contributed by atoms with Crippen molar-refractivity contribution in [2.75, 3.05) is 41.3 Å². The van der Waals surface area contributed by atoms with E-state index in [-0.39, 0.29) is 5.69 Å². The Balaban J connectivity index is 1.37. The number of pyridine rings is 1. The molecule has 0 saturated carbocycles. The SMILES string of the molecule is O=C(Nc1ccc(F)cc1F)c1ccc(N2CCN(c3ccccc3)CC2)nc1. The van der Waals surface area contributed by atoms with Crippen molar-refractivity contribution < 1.29 is 13.6 Å². The van der Waals surface area contributed by atoms with E-state index in [1.807, 2.05) is 18.2 Å². The van der Waals surface area contributed by atoms with Gasteiger partial charge in [-0.1, -0.05) is 18.2 Å². The molecule has 7 heteroatoms. The highest BCUT2D eigenvalue weighted by molar-refractivity contribution is 6.04. The number of para-hydroxylation sites is 1. The Morgan fingerprint density at radius 2 is 1.62 bits per heavy atom. The van der Waals surface area contributed by atoms with Gasteiger partial charge in [0.05, 0.1) is 11.3 Å². The zero-order chi connectivity index (χ0) is 20.2. The molecule has 1 amide bonds. The summed E-state index contributed by atoms with van der Waals surface area (Å²) in [6.07, 6.45) is 1.47. The van der Waals surface area contributed by atoms with Crippen molar-refractivity contribution in [2.24, 2.45) is 0 Å². The van der Waals surface area contributed by atoms with Crippen LogP contribution in [0.4, 0.5) is 26.0 Å². The van der Waals surface area contributed by atoms with Crippen LogP contribution in [0.5, 0.6) is 0 Å². The zero-order valence-electron chi connectivity index (χ0n) is 15.7. The van der Waals surface area contributed by atoms with Gasteiger partial charge in [-0.25, -0.2) is 13.8 Å². The van der Waals surface area contributed by atoms with Gasteiger partial charge in [-0.2, -0.15) is 0 Å². The number of rotatable bonds is 4. The van der Waals surface area contributed by atoms with Crippen molar-refractivity contribution in [1.29, 1.82) is 0 Å². The summed E-state index contributed by atoms with van der Waals surface area (Å²) in [4.78, 5) is 21.2. The van der Waals surface area contributed by atoms with Crippen LogP contribution >= 0.6 is 0 Å². The van der Waals surface area contributed by atoms with Crippen LogP contribution in [0.25, 0.3) is 0 Å². The molecule has 2 heterocycles. The van der Waals surface area contributed by atoms with Crippen LogP contribution in [-0.4, -0.2) is 37.1 Å². The minimum Gasteiger partial charge on any atom is -0.368 e. The number of carbonyl (C=O) groups is 1. The highest BCUT2D eigenvalue weighted by Crippen LogP contribution is 2.20. The number of carbonyl (C=O) groups excluding carboxylic acids is 1. The fourth-order valence-corrected chi connectivity index (χ4v) is 3.33. The van der Waals surface area contributed by atoms with Gasteiger partial charge in [0.2, 0.25) is 0 Å². The first-order chi connectivity index (χ1) is 14.1. The fraction of sp³-hybridized carbons (Fsp3) is 0.182. The van der Waals surface area contributed by atoms with Crippen LogP contribution in [0, 0.1) is 11.6 Å². The molecule has 1 N–H and O–H groups in total. The first-order valence-electron chi connectivity index (χ1n) is 9.37. The summed E-state index contributed by atoms with van der Waals surface area (Å²) in [5.74, 6) is -1.22. The maximum Gasteiger partial charge on any atom is 0.257 e. The minimum atomic E-state index is -0.820. The number of piperazine rings is 1. The molecule has 148 valence electrons. The number of nitrogens with zero attached hydrogens (tertiary/aromatic N) is 3. The Bertz CT molecular complexity index is 987. The van der Waals surface area contributed by atoms with Crippen molar-refractivity contribution in [3.05, 3.63) is 84.1 Å². The van der Waals surface area contributed by atoms with Crippen molar-refractivity contribution in [3.63, 3.8) is 0 Å². The Labute approximate surface area is 167 Å². The fourth-order valence-electron chi connectivity index (χ4n) is 3.33. The maximum absolute atomic E-state index is 13.7. The number of anilines is 3. The first kappa shape index (κ1) is 18.9. The maximum atomic E-state index is 13.7. The molecule has 1 aromatic heterocycles. The number of hydrogen-bond donors (Lipinski definition) is 1. The van der Waals surface area contributed by atoms with E-state index in [9.17, 15) is 13.6 Å². The molecule has 1 fully saturated rings. The highest BCUT2D eigenvalue weighted by atomic mass is 19.1. The summed E-state index contributed by atoms with van der Waals surface area (Å²) in [5, 5.41) is 2.44. The van der Waals surface area contributed by atoms with Gasteiger partial charge in [-0.05, 0) is 36.4 Å². The van der Waals surface area contributed by atoms with Gasteiger partial charge in [0, 0.05) is 44.1 Å². The molecule has 0 unspecified atom stereocenters. The summed E-state index contributed by atoms with van der Waals surface area (Å²) in [7, 11) is 0. The molecule has 1 aliphatic heterocycles. The van der Waals surface area contributed by atoms with Gasteiger partial charge in [-0.15, -0.1) is 0 Å². The largest absolute Gasteiger partial charge is 0.368 e. The lowest BCUT2D eigenvalue weighted by Crippen LogP contribution is -2.46. The lowest BCUT2D eigenvalue weighted by atomic mass is 10.2. The standard InChI is InChI=1S/C22H20F2N4O/c23-17-7-8-20(19(24)14-17)26-22(29)16-6-9-21(25-15-16)28-12-10-27(11-13-28)18-4-2-1-3-5-18/h1-9,14-15H,10-13H2,(H,26,29). The number of aromatic nitrogens is 1. The van der Waals surface area contributed by atoms with Crippen LogP contribution in [0.3, 0.4) is 0 Å². The molecule has 0 atom stereocenters. The molecule has 0 radical (unpaired) electrons. The Hall–Kier alpha value is -3.48. The van der Waals surface area contributed by atoms with Gasteiger partial charge >= 0.3 is 0 Å². The van der Waals surface area contributed by atoms with Gasteiger partial charge < -0.3 is 15.1 Å². The summed E-state index contributed by atoms with van der Waals surface area (Å²) in [6, 6.07) is 16.7. The number of hydrogen-bond acceptors (Lipinski definition) is 4. The second-order valence-corrected chi connectivity index (χ2v) is 6.79. The van der Waals surface area contributed by atoms with E-state index in [0.717, 1.165) is 44.1 Å². The van der Waals surface area contributed by atoms with Crippen molar-refractivity contribution in [1.82, 2.24) is 4.98 Å². The van der Waals surface area contributed by atoms with Gasteiger partial charge in [0.1, 0.15) is 17.5 Å². The number of amides is 1. The zero-order valence-corrected chi connectivity index (χ0v) is 15.7. The van der Waals surface area contributed by atoms with Crippen LogP contribution in [-0.2, 0) is 0 Å². The molecule has 0 spiro atoms. The number of benzene rings is 2. The average Bonchev–Trinajstić information content (AvgIpc) is 2.76. The summed E-state index contributed by atoms with van der Waals surface area (Å²) < 4.78 is 26.7. The molecule has 4 rings (SSSR count). The van der Waals surface area contributed by atoms with E-state index < -0.39 is 17.5 Å². The Kier molecular flexibility index (Phi) is 5.37. The third kappa shape index (κ3) is 4.34. The first-order valence-corrected chi connectivity index (χ1v) is 9.37. The second-order valence-electron chi connectivity index (χ2n) is 6.79. The van der Waals surface area contributed by atoms with Crippen LogP contribution in [0.1, 0.15) is 10.4 Å². The normalized spacial score (nSPS) is 14.0. The Morgan fingerprint density at radius 3 is 2.28 bits per heavy atom. The van der Waals surface area contributed by atoms with E-state index in [2.05, 4.69) is 32.2 Å². The summed E-state index contributed by atoms with van der Waals surface area (Å²) in [5.41, 5.74) is 1.44. The lowest BCUT2D eigenvalue weighted by Gasteiger charge is -2.36. The molecular formula is C22H20F2N4O. The minimum absolute atomic E-state index is 0.0717. The van der Waals surface area contributed by atoms with Crippen molar-refractivity contribution in [2.45, 2.75) is 0 Å². The van der Waals surface area contributed by atoms with Crippen LogP contribution < -0.4 is 15.1 Å². The molecule has 0 aliphatic carbocycles. The molecule has 1 aliphatic rings. The van der Waals surface area contributed by atoms with Crippen LogP contribution in [0.15, 0.2) is 66.9 Å². The molecule has 0 bridgehead atoms. The summed E-state index contributed by atoms with van der Waals surface area (Å²) >= 11 is 0. The summed E-state index contributed by atoms with van der Waals surface area (Å²) in [6.45, 7) is 3.43. The van der Waals surface area contributed by atoms with Gasteiger partial charge in [-0.3, -0.25) is 4.79 Å². The number of nitrogens with one attached hydrogen (secondary N) is 1. The van der Waals surface area contributed by atoms with Crippen molar-refractivity contribution >= 4 is 23.1 Å². The molecule has 1 saturated heterocycles. The van der Waals surface area contributed by atoms with Crippen molar-refractivity contribution in [3.8, 4) is 0 Å². The smallest absolute Gasteiger partial charge is 0.257 e. The second kappa shape index (κ2) is 8.26. The van der Waals surface area contributed by atoms with Gasteiger partial charge in [0.15, 0.2) is 0 Å². The molecule has 5 nitrogen and oxygen atoms in total. The monoisotopic (exact) mass is 394 g/mol. The number of halogens is 2. The molecule has 3 aromatic rings. The Morgan fingerprint density at radius 1 is 0.897 bits per heavy atom. The van der Waals surface area contributed by atoms with E-state index in [1.165, 1.54) is 18.0 Å². The third-order valence-corrected chi connectivity index (χ3v) is 4.91. The molecule has 2 aromatic carbocycles. The quantitative estimate of drug-likeness (QED) is 0.728. The van der Waals surface area contributed by atoms with E-state index in [4.69, 9.17) is 0 Å². The predicted molar refractivity (Wildman–Crippen MR) is 109 cm³/mol. The molecule has 29 heavy (non-hydrogen) atoms. The predicted octanol–water partition coefficient (Wildman–Crippen LogP) is 3.94. The van der Waals surface area contributed by atoms with E-state index in [1.54, 1.807) is 12.1 Å². The van der Waals surface area contributed by atoms with E-state index >= 15 is 0 Å². The third-order valence-electron chi connectivity index (χ3n) is 4.91. The lowest BCUT2D eigenvalue weighted by molar-refractivity contribution is 0.102. The van der Waals surface area contributed by atoms with Crippen LogP contribution in [0.2, 0.25) is 0 Å². The average molecular weight is 394 g/mol. The van der Waals surface area contributed by atoms with Gasteiger partial charge in [0.25, 0.3) is 5.91 Å². The topological polar surface area (TPSA) is 48.5 Å².